The van der Waals surface area contributed by atoms with Crippen LogP contribution in [-0.2, 0) is 0 Å². The summed E-state index contributed by atoms with van der Waals surface area (Å²) in [5, 5.41) is 20.4. The number of anilines is 1. The predicted molar refractivity (Wildman–Crippen MR) is 83.4 cm³/mol. The summed E-state index contributed by atoms with van der Waals surface area (Å²) in [7, 11) is 0. The lowest BCUT2D eigenvalue weighted by molar-refractivity contribution is 0.410. The zero-order chi connectivity index (χ0) is 14.7. The topological polar surface area (TPSA) is 65.6 Å². The molecule has 3 N–H and O–H groups in total. The van der Waals surface area contributed by atoms with Crippen LogP contribution < -0.4 is 4.72 Å². The summed E-state index contributed by atoms with van der Waals surface area (Å²) in [4.78, 5) is 0. The molecule has 0 radical (unpaired) electrons. The van der Waals surface area contributed by atoms with Gasteiger partial charge in [-0.15, -0.1) is 0 Å². The van der Waals surface area contributed by atoms with E-state index in [1.807, 2.05) is 0 Å². The fourth-order valence-corrected chi connectivity index (χ4v) is 2.37. The predicted octanol–water partition coefficient (Wildman–Crippen LogP) is 4.73. The van der Waals surface area contributed by atoms with E-state index in [1.165, 1.54) is 11.9 Å². The molecular formula is C14H16ClNO3S. The van der Waals surface area contributed by atoms with Crippen molar-refractivity contribution in [1.29, 1.82) is 0 Å². The minimum absolute atomic E-state index is 0.151. The van der Waals surface area contributed by atoms with E-state index >= 15 is 0 Å². The quantitative estimate of drug-likeness (QED) is 0.697. The molecule has 0 atom stereocenters. The van der Waals surface area contributed by atoms with Crippen molar-refractivity contribution in [2.75, 3.05) is 10.5 Å². The van der Waals surface area contributed by atoms with Crippen molar-refractivity contribution in [3.05, 3.63) is 29.3 Å². The molecule has 1 aromatic heterocycles. The Morgan fingerprint density at radius 2 is 1.85 bits per heavy atom. The molecule has 1 heterocycles. The van der Waals surface area contributed by atoms with Crippen LogP contribution in [0.15, 0.2) is 28.7 Å². The molecule has 0 fully saturated rings. The van der Waals surface area contributed by atoms with Crippen LogP contribution in [0.4, 0.5) is 5.88 Å². The van der Waals surface area contributed by atoms with E-state index in [0.29, 0.717) is 16.5 Å². The largest absolute Gasteiger partial charge is 0.502 e. The second-order valence-corrected chi connectivity index (χ2v) is 6.03. The highest BCUT2D eigenvalue weighted by atomic mass is 35.5. The fourth-order valence-electron chi connectivity index (χ4n) is 1.55. The summed E-state index contributed by atoms with van der Waals surface area (Å²) in [5.74, 6) is 1.17. The Kier molecular flexibility index (Phi) is 4.73. The van der Waals surface area contributed by atoms with E-state index in [1.54, 1.807) is 24.3 Å². The number of nitrogens with one attached hydrogen (secondary N) is 1. The molecule has 108 valence electrons. The van der Waals surface area contributed by atoms with Crippen LogP contribution in [0.3, 0.4) is 0 Å². The summed E-state index contributed by atoms with van der Waals surface area (Å²) in [6.45, 7) is 4.18. The third-order valence-electron chi connectivity index (χ3n) is 2.55. The zero-order valence-corrected chi connectivity index (χ0v) is 12.8. The first-order chi connectivity index (χ1) is 9.49. The summed E-state index contributed by atoms with van der Waals surface area (Å²) in [6, 6.07) is 6.81. The van der Waals surface area contributed by atoms with E-state index in [2.05, 4.69) is 18.6 Å². The average molecular weight is 314 g/mol. The van der Waals surface area contributed by atoms with Crippen LogP contribution in [0.2, 0.25) is 5.02 Å². The Morgan fingerprint density at radius 1 is 1.20 bits per heavy atom. The van der Waals surface area contributed by atoms with Crippen molar-refractivity contribution < 1.29 is 14.6 Å². The molecule has 6 heteroatoms. The molecule has 0 saturated heterocycles. The molecule has 0 saturated carbocycles. The van der Waals surface area contributed by atoms with Crippen molar-refractivity contribution in [2.24, 2.45) is 5.92 Å². The van der Waals surface area contributed by atoms with Gasteiger partial charge in [0, 0.05) is 16.3 Å². The van der Waals surface area contributed by atoms with Crippen LogP contribution in [0.5, 0.6) is 11.5 Å². The molecular weight excluding hydrogens is 298 g/mol. The lowest BCUT2D eigenvalue weighted by atomic mass is 10.1. The van der Waals surface area contributed by atoms with Crippen molar-refractivity contribution >= 4 is 29.4 Å². The number of hydrogen-bond acceptors (Lipinski definition) is 5. The van der Waals surface area contributed by atoms with Gasteiger partial charge >= 0.3 is 0 Å². The Labute approximate surface area is 126 Å². The fraction of sp³-hybridized carbons (Fsp3) is 0.286. The van der Waals surface area contributed by atoms with Gasteiger partial charge in [-0.3, -0.25) is 4.72 Å². The Bertz CT molecular complexity index is 581. The Balaban J connectivity index is 2.21. The number of aromatic hydroxyl groups is 2. The van der Waals surface area contributed by atoms with Crippen LogP contribution in [-0.4, -0.2) is 16.0 Å². The first kappa shape index (κ1) is 14.9. The number of hydrogen-bond donors (Lipinski definition) is 3. The van der Waals surface area contributed by atoms with Crippen LogP contribution in [0.1, 0.15) is 13.8 Å². The standard InChI is InChI=1S/C14H16ClNO3S/c1-8(2)7-20-16-14-12(18)11(17)13(19-14)9-3-5-10(15)6-4-9/h3-6,8,16-18H,7H2,1-2H3. The second-order valence-electron chi connectivity index (χ2n) is 4.77. The maximum Gasteiger partial charge on any atom is 0.250 e. The van der Waals surface area contributed by atoms with Gasteiger partial charge in [0.1, 0.15) is 0 Å². The molecule has 4 nitrogen and oxygen atoms in total. The van der Waals surface area contributed by atoms with Gasteiger partial charge in [0.2, 0.25) is 17.4 Å². The van der Waals surface area contributed by atoms with E-state index in [-0.39, 0.29) is 23.1 Å². The van der Waals surface area contributed by atoms with E-state index in [9.17, 15) is 10.2 Å². The van der Waals surface area contributed by atoms with Gasteiger partial charge in [-0.25, -0.2) is 0 Å². The SMILES string of the molecule is CC(C)CSNc1oc(-c2ccc(Cl)cc2)c(O)c1O. The molecule has 0 aliphatic heterocycles. The molecule has 2 rings (SSSR count). The molecule has 0 aliphatic carbocycles. The third kappa shape index (κ3) is 3.35. The first-order valence-corrected chi connectivity index (χ1v) is 7.54. The molecule has 0 unspecified atom stereocenters. The summed E-state index contributed by atoms with van der Waals surface area (Å²) in [6.07, 6.45) is 0. The van der Waals surface area contributed by atoms with Crippen molar-refractivity contribution in [2.45, 2.75) is 13.8 Å². The maximum absolute atomic E-state index is 9.92. The molecule has 0 amide bonds. The van der Waals surface area contributed by atoms with Gasteiger partial charge in [-0.1, -0.05) is 25.4 Å². The van der Waals surface area contributed by atoms with Gasteiger partial charge < -0.3 is 14.6 Å². The van der Waals surface area contributed by atoms with Crippen molar-refractivity contribution in [3.63, 3.8) is 0 Å². The van der Waals surface area contributed by atoms with Gasteiger partial charge in [0.15, 0.2) is 5.76 Å². The summed E-state index contributed by atoms with van der Waals surface area (Å²) < 4.78 is 8.38. The smallest absolute Gasteiger partial charge is 0.250 e. The van der Waals surface area contributed by atoms with Crippen molar-refractivity contribution in [1.82, 2.24) is 0 Å². The molecule has 0 spiro atoms. The highest BCUT2D eigenvalue weighted by Gasteiger charge is 2.20. The van der Waals surface area contributed by atoms with E-state index in [0.717, 1.165) is 5.75 Å². The molecule has 0 aliphatic rings. The number of benzene rings is 1. The van der Waals surface area contributed by atoms with Crippen LogP contribution >= 0.6 is 23.5 Å². The van der Waals surface area contributed by atoms with Gasteiger partial charge in [0.05, 0.1) is 0 Å². The molecule has 2 aromatic rings. The van der Waals surface area contributed by atoms with Crippen molar-refractivity contribution in [3.8, 4) is 22.8 Å². The van der Waals surface area contributed by atoms with Gasteiger partial charge in [-0.05, 0) is 42.1 Å². The Morgan fingerprint density at radius 3 is 2.45 bits per heavy atom. The summed E-state index contributed by atoms with van der Waals surface area (Å²) in [5.41, 5.74) is 0.643. The normalized spacial score (nSPS) is 11.0. The van der Waals surface area contributed by atoms with Gasteiger partial charge in [0.25, 0.3) is 0 Å². The maximum atomic E-state index is 9.92. The molecule has 0 bridgehead atoms. The lowest BCUT2D eigenvalue weighted by Crippen LogP contribution is -1.94. The van der Waals surface area contributed by atoms with Crippen LogP contribution in [0, 0.1) is 5.92 Å². The second kappa shape index (κ2) is 6.33. The van der Waals surface area contributed by atoms with E-state index in [4.69, 9.17) is 16.0 Å². The number of halogens is 1. The minimum atomic E-state index is -0.286. The highest BCUT2D eigenvalue weighted by Crippen LogP contribution is 2.46. The lowest BCUT2D eigenvalue weighted by Gasteiger charge is -2.04. The molecule has 1 aromatic carbocycles. The first-order valence-electron chi connectivity index (χ1n) is 6.17. The zero-order valence-electron chi connectivity index (χ0n) is 11.2. The number of furan rings is 1. The highest BCUT2D eigenvalue weighted by molar-refractivity contribution is 8.00. The number of rotatable bonds is 5. The van der Waals surface area contributed by atoms with Gasteiger partial charge in [-0.2, -0.15) is 0 Å². The van der Waals surface area contributed by atoms with E-state index < -0.39 is 0 Å². The average Bonchev–Trinajstić information content (AvgIpc) is 2.68. The monoisotopic (exact) mass is 313 g/mol. The summed E-state index contributed by atoms with van der Waals surface area (Å²) >= 11 is 7.23. The minimum Gasteiger partial charge on any atom is -0.502 e. The molecule has 20 heavy (non-hydrogen) atoms. The Hall–Kier alpha value is -1.46. The third-order valence-corrected chi connectivity index (χ3v) is 3.96. The van der Waals surface area contributed by atoms with Crippen LogP contribution in [0.25, 0.3) is 11.3 Å².